The molecule has 1 aliphatic rings. The van der Waals surface area contributed by atoms with Gasteiger partial charge in [0, 0.05) is 23.1 Å². The SMILES string of the molecule is Clc1ccc(NC2=NCCC2)cc1Br. The highest BCUT2D eigenvalue weighted by atomic mass is 79.9. The lowest BCUT2D eigenvalue weighted by molar-refractivity contribution is 0.951. The van der Waals surface area contributed by atoms with Crippen molar-refractivity contribution in [3.63, 3.8) is 0 Å². The summed E-state index contributed by atoms with van der Waals surface area (Å²) in [5.41, 5.74) is 1.03. The molecule has 0 saturated heterocycles. The zero-order chi connectivity index (χ0) is 9.97. The Morgan fingerprint density at radius 2 is 2.29 bits per heavy atom. The molecule has 2 nitrogen and oxygen atoms in total. The van der Waals surface area contributed by atoms with Gasteiger partial charge in [0.05, 0.1) is 5.02 Å². The van der Waals surface area contributed by atoms with Crippen LogP contribution < -0.4 is 5.32 Å². The summed E-state index contributed by atoms with van der Waals surface area (Å²) in [5.74, 6) is 1.07. The molecule has 0 radical (unpaired) electrons. The minimum atomic E-state index is 0.726. The molecule has 2 rings (SSSR count). The maximum atomic E-state index is 5.89. The molecule has 1 aliphatic heterocycles. The first-order valence-corrected chi connectivity index (χ1v) is 5.68. The lowest BCUT2D eigenvalue weighted by atomic mass is 10.3. The van der Waals surface area contributed by atoms with Crippen molar-refractivity contribution in [3.05, 3.63) is 27.7 Å². The van der Waals surface area contributed by atoms with Crippen LogP contribution >= 0.6 is 27.5 Å². The molecule has 0 aliphatic carbocycles. The van der Waals surface area contributed by atoms with E-state index in [1.54, 1.807) is 0 Å². The van der Waals surface area contributed by atoms with E-state index in [4.69, 9.17) is 11.6 Å². The number of hydrogen-bond donors (Lipinski definition) is 1. The van der Waals surface area contributed by atoms with E-state index >= 15 is 0 Å². The fourth-order valence-corrected chi connectivity index (χ4v) is 1.88. The van der Waals surface area contributed by atoms with Crippen molar-refractivity contribution >= 4 is 39.1 Å². The second kappa shape index (κ2) is 4.32. The van der Waals surface area contributed by atoms with Gasteiger partial charge in [-0.15, -0.1) is 0 Å². The van der Waals surface area contributed by atoms with Gasteiger partial charge >= 0.3 is 0 Å². The number of anilines is 1. The number of nitrogens with zero attached hydrogens (tertiary/aromatic N) is 1. The average Bonchev–Trinajstić information content (AvgIpc) is 2.64. The number of aliphatic imine (C=N–C) groups is 1. The molecular weight excluding hydrogens is 263 g/mol. The predicted molar refractivity (Wildman–Crippen MR) is 64.3 cm³/mol. The van der Waals surface area contributed by atoms with Gasteiger partial charge < -0.3 is 5.32 Å². The van der Waals surface area contributed by atoms with Crippen molar-refractivity contribution in [2.75, 3.05) is 11.9 Å². The van der Waals surface area contributed by atoms with Gasteiger partial charge in [-0.1, -0.05) is 11.6 Å². The first kappa shape index (κ1) is 9.99. The van der Waals surface area contributed by atoms with Gasteiger partial charge in [0.2, 0.25) is 0 Å². The third kappa shape index (κ3) is 2.28. The molecule has 1 aromatic carbocycles. The highest BCUT2D eigenvalue weighted by Crippen LogP contribution is 2.25. The van der Waals surface area contributed by atoms with Gasteiger partial charge in [-0.25, -0.2) is 0 Å². The predicted octanol–water partition coefficient (Wildman–Crippen LogP) is 3.71. The molecular formula is C10H10BrClN2. The summed E-state index contributed by atoms with van der Waals surface area (Å²) < 4.78 is 0.905. The first-order valence-electron chi connectivity index (χ1n) is 4.51. The lowest BCUT2D eigenvalue weighted by Crippen LogP contribution is -2.07. The van der Waals surface area contributed by atoms with E-state index in [-0.39, 0.29) is 0 Å². The summed E-state index contributed by atoms with van der Waals surface area (Å²) in [6.07, 6.45) is 2.19. The largest absolute Gasteiger partial charge is 0.344 e. The number of hydrogen-bond acceptors (Lipinski definition) is 2. The van der Waals surface area contributed by atoms with E-state index in [9.17, 15) is 0 Å². The second-order valence-corrected chi connectivity index (χ2v) is 4.45. The van der Waals surface area contributed by atoms with E-state index in [0.717, 1.165) is 40.4 Å². The Hall–Kier alpha value is -0.540. The monoisotopic (exact) mass is 272 g/mol. The summed E-state index contributed by atoms with van der Waals surface area (Å²) in [5, 5.41) is 4.00. The summed E-state index contributed by atoms with van der Waals surface area (Å²) in [7, 11) is 0. The Morgan fingerprint density at radius 1 is 1.43 bits per heavy atom. The van der Waals surface area contributed by atoms with Crippen LogP contribution in [0.1, 0.15) is 12.8 Å². The third-order valence-electron chi connectivity index (χ3n) is 2.08. The molecule has 14 heavy (non-hydrogen) atoms. The number of rotatable bonds is 1. The average molecular weight is 274 g/mol. The lowest BCUT2D eigenvalue weighted by Gasteiger charge is -2.06. The van der Waals surface area contributed by atoms with Crippen LogP contribution in [-0.2, 0) is 0 Å². The van der Waals surface area contributed by atoms with Crippen LogP contribution in [0.25, 0.3) is 0 Å². The zero-order valence-corrected chi connectivity index (χ0v) is 9.90. The van der Waals surface area contributed by atoms with Gasteiger partial charge in [-0.2, -0.15) is 0 Å². The fraction of sp³-hybridized carbons (Fsp3) is 0.300. The summed E-state index contributed by atoms with van der Waals surface area (Å²) in [6, 6.07) is 5.78. The van der Waals surface area contributed by atoms with E-state index in [1.165, 1.54) is 0 Å². The standard InChI is InChI=1S/C10H10BrClN2/c11-8-6-7(3-4-9(8)12)14-10-2-1-5-13-10/h3-4,6H,1-2,5H2,(H,13,14). The van der Waals surface area contributed by atoms with Crippen LogP contribution in [0.2, 0.25) is 5.02 Å². The molecule has 74 valence electrons. The fourth-order valence-electron chi connectivity index (χ4n) is 1.38. The van der Waals surface area contributed by atoms with Gasteiger partial charge in [-0.05, 0) is 40.5 Å². The van der Waals surface area contributed by atoms with Crippen LogP contribution in [-0.4, -0.2) is 12.4 Å². The molecule has 0 saturated carbocycles. The molecule has 1 N–H and O–H groups in total. The molecule has 0 amide bonds. The van der Waals surface area contributed by atoms with Crippen molar-refractivity contribution in [2.45, 2.75) is 12.8 Å². The molecule has 0 spiro atoms. The summed E-state index contributed by atoms with van der Waals surface area (Å²) in [6.45, 7) is 0.942. The van der Waals surface area contributed by atoms with Crippen molar-refractivity contribution in [2.24, 2.45) is 4.99 Å². The smallest absolute Gasteiger partial charge is 0.101 e. The third-order valence-corrected chi connectivity index (χ3v) is 3.30. The highest BCUT2D eigenvalue weighted by molar-refractivity contribution is 9.10. The van der Waals surface area contributed by atoms with Gasteiger partial charge in [0.25, 0.3) is 0 Å². The maximum Gasteiger partial charge on any atom is 0.101 e. The van der Waals surface area contributed by atoms with Crippen LogP contribution in [0, 0.1) is 0 Å². The van der Waals surface area contributed by atoms with Crippen molar-refractivity contribution in [1.29, 1.82) is 0 Å². The van der Waals surface area contributed by atoms with Crippen LogP contribution in [0.4, 0.5) is 5.69 Å². The highest BCUT2D eigenvalue weighted by Gasteiger charge is 2.06. The maximum absolute atomic E-state index is 5.89. The first-order chi connectivity index (χ1) is 6.75. The second-order valence-electron chi connectivity index (χ2n) is 3.19. The molecule has 0 aromatic heterocycles. The number of halogens is 2. The molecule has 0 fully saturated rings. The van der Waals surface area contributed by atoms with Crippen LogP contribution in [0.5, 0.6) is 0 Å². The molecule has 4 heteroatoms. The van der Waals surface area contributed by atoms with Crippen molar-refractivity contribution in [1.82, 2.24) is 0 Å². The van der Waals surface area contributed by atoms with E-state index in [0.29, 0.717) is 0 Å². The Bertz CT molecular complexity index is 376. The van der Waals surface area contributed by atoms with Gasteiger partial charge in [0.1, 0.15) is 5.84 Å². The quantitative estimate of drug-likeness (QED) is 0.829. The number of benzene rings is 1. The summed E-state index contributed by atoms with van der Waals surface area (Å²) in [4.78, 5) is 4.34. The van der Waals surface area contributed by atoms with E-state index in [2.05, 4.69) is 26.2 Å². The van der Waals surface area contributed by atoms with Gasteiger partial charge in [-0.3, -0.25) is 4.99 Å². The van der Waals surface area contributed by atoms with Gasteiger partial charge in [0.15, 0.2) is 0 Å². The summed E-state index contributed by atoms with van der Waals surface area (Å²) >= 11 is 9.28. The molecule has 1 heterocycles. The molecule has 0 unspecified atom stereocenters. The zero-order valence-electron chi connectivity index (χ0n) is 7.56. The Morgan fingerprint density at radius 3 is 2.93 bits per heavy atom. The molecule has 0 atom stereocenters. The minimum absolute atomic E-state index is 0.726. The van der Waals surface area contributed by atoms with E-state index < -0.39 is 0 Å². The van der Waals surface area contributed by atoms with Crippen molar-refractivity contribution < 1.29 is 0 Å². The Balaban J connectivity index is 2.13. The van der Waals surface area contributed by atoms with Crippen molar-refractivity contribution in [3.8, 4) is 0 Å². The Labute approximate surface area is 96.5 Å². The number of nitrogens with one attached hydrogen (secondary N) is 1. The number of amidine groups is 1. The van der Waals surface area contributed by atoms with Crippen LogP contribution in [0.15, 0.2) is 27.7 Å². The molecule has 1 aromatic rings. The molecule has 0 bridgehead atoms. The normalized spacial score (nSPS) is 15.4. The van der Waals surface area contributed by atoms with Crippen LogP contribution in [0.3, 0.4) is 0 Å². The topological polar surface area (TPSA) is 24.4 Å². The van der Waals surface area contributed by atoms with E-state index in [1.807, 2.05) is 18.2 Å². The Kier molecular flexibility index (Phi) is 3.08. The minimum Gasteiger partial charge on any atom is -0.344 e.